The fourth-order valence-electron chi connectivity index (χ4n) is 0.456. The van der Waals surface area contributed by atoms with Gasteiger partial charge >= 0.3 is 0 Å². The molecular formula is C6H8O2. The fraction of sp³-hybridized carbons (Fsp3) is 0.333. The highest BCUT2D eigenvalue weighted by Crippen LogP contribution is 1.92. The van der Waals surface area contributed by atoms with E-state index in [1.165, 1.54) is 6.26 Å². The predicted molar refractivity (Wildman–Crippen MR) is 29.9 cm³/mol. The van der Waals surface area contributed by atoms with Crippen LogP contribution < -0.4 is 0 Å². The Hall–Kier alpha value is -0.760. The summed E-state index contributed by atoms with van der Waals surface area (Å²) in [5, 5.41) is 0. The minimum atomic E-state index is 0.640. The van der Waals surface area contributed by atoms with Crippen LogP contribution in [0.4, 0.5) is 0 Å². The van der Waals surface area contributed by atoms with Crippen LogP contribution >= 0.6 is 0 Å². The molecule has 1 rings (SSSR count). The van der Waals surface area contributed by atoms with Crippen molar-refractivity contribution >= 4 is 0 Å². The highest BCUT2D eigenvalue weighted by molar-refractivity contribution is 4.99. The van der Waals surface area contributed by atoms with E-state index in [1.807, 2.05) is 12.2 Å². The second-order valence-electron chi connectivity index (χ2n) is 1.46. The van der Waals surface area contributed by atoms with E-state index in [-0.39, 0.29) is 0 Å². The molecule has 0 bridgehead atoms. The summed E-state index contributed by atoms with van der Waals surface area (Å²) in [4.78, 5) is 9.18. The number of allylic oxidation sites excluding steroid dienone is 2. The first-order chi connectivity index (χ1) is 4.00. The summed E-state index contributed by atoms with van der Waals surface area (Å²) in [7, 11) is 0. The zero-order valence-electron chi connectivity index (χ0n) is 4.54. The molecule has 0 aliphatic carbocycles. The molecule has 0 saturated heterocycles. The summed E-state index contributed by atoms with van der Waals surface area (Å²) < 4.78 is 0. The third-order valence-corrected chi connectivity index (χ3v) is 0.817. The Morgan fingerprint density at radius 1 is 1.25 bits per heavy atom. The Morgan fingerprint density at radius 2 is 2.25 bits per heavy atom. The van der Waals surface area contributed by atoms with Gasteiger partial charge in [0.15, 0.2) is 0 Å². The van der Waals surface area contributed by atoms with E-state index in [0.29, 0.717) is 6.61 Å². The van der Waals surface area contributed by atoms with Gasteiger partial charge in [-0.05, 0) is 12.5 Å². The monoisotopic (exact) mass is 112 g/mol. The van der Waals surface area contributed by atoms with Gasteiger partial charge in [0.1, 0.15) is 6.26 Å². The van der Waals surface area contributed by atoms with E-state index in [0.717, 1.165) is 6.42 Å². The van der Waals surface area contributed by atoms with Crippen LogP contribution in [0, 0.1) is 0 Å². The molecule has 0 atom stereocenters. The van der Waals surface area contributed by atoms with Crippen molar-refractivity contribution in [3.05, 3.63) is 24.5 Å². The summed E-state index contributed by atoms with van der Waals surface area (Å²) in [5.41, 5.74) is 0. The lowest BCUT2D eigenvalue weighted by Crippen LogP contribution is -1.90. The third-order valence-electron chi connectivity index (χ3n) is 0.817. The predicted octanol–water partition coefficient (Wildman–Crippen LogP) is 1.41. The second kappa shape index (κ2) is 3.27. The molecule has 0 N–H and O–H groups in total. The van der Waals surface area contributed by atoms with Crippen molar-refractivity contribution in [3.8, 4) is 0 Å². The molecule has 0 amide bonds. The summed E-state index contributed by atoms with van der Waals surface area (Å²) in [5.74, 6) is 0. The third kappa shape index (κ3) is 1.80. The van der Waals surface area contributed by atoms with Crippen molar-refractivity contribution in [2.24, 2.45) is 0 Å². The summed E-state index contributed by atoms with van der Waals surface area (Å²) in [6, 6.07) is 0. The summed E-state index contributed by atoms with van der Waals surface area (Å²) >= 11 is 0. The molecule has 0 aromatic rings. The molecule has 1 aliphatic heterocycles. The molecule has 44 valence electrons. The molecule has 8 heavy (non-hydrogen) atoms. The van der Waals surface area contributed by atoms with Crippen LogP contribution in [0.2, 0.25) is 0 Å². The largest absolute Gasteiger partial charge is 0.345 e. The molecule has 0 fully saturated rings. The van der Waals surface area contributed by atoms with Crippen LogP contribution in [0.1, 0.15) is 6.42 Å². The maximum Gasteiger partial charge on any atom is 0.129 e. The lowest BCUT2D eigenvalue weighted by atomic mass is 10.4. The topological polar surface area (TPSA) is 18.5 Å². The van der Waals surface area contributed by atoms with Crippen molar-refractivity contribution in [2.75, 3.05) is 6.61 Å². The van der Waals surface area contributed by atoms with E-state index in [1.54, 1.807) is 6.08 Å². The SMILES string of the molecule is C1=CCCOOC=C1. The van der Waals surface area contributed by atoms with Crippen molar-refractivity contribution in [3.63, 3.8) is 0 Å². The molecule has 2 nitrogen and oxygen atoms in total. The number of hydrogen-bond donors (Lipinski definition) is 0. The Labute approximate surface area is 48.3 Å². The lowest BCUT2D eigenvalue weighted by Gasteiger charge is -1.98. The molecule has 0 spiro atoms. The van der Waals surface area contributed by atoms with E-state index < -0.39 is 0 Å². The highest BCUT2D eigenvalue weighted by Gasteiger charge is 1.83. The van der Waals surface area contributed by atoms with Crippen molar-refractivity contribution in [1.82, 2.24) is 0 Å². The van der Waals surface area contributed by atoms with Gasteiger partial charge in [-0.3, -0.25) is 0 Å². The van der Waals surface area contributed by atoms with Crippen molar-refractivity contribution < 1.29 is 9.78 Å². The quantitative estimate of drug-likeness (QED) is 0.441. The first kappa shape index (κ1) is 5.38. The summed E-state index contributed by atoms with van der Waals surface area (Å²) in [6.45, 7) is 0.640. The molecule has 0 aromatic heterocycles. The molecule has 0 saturated carbocycles. The normalized spacial score (nSPS) is 19.0. The van der Waals surface area contributed by atoms with E-state index in [9.17, 15) is 0 Å². The molecule has 0 unspecified atom stereocenters. The van der Waals surface area contributed by atoms with Crippen molar-refractivity contribution in [1.29, 1.82) is 0 Å². The van der Waals surface area contributed by atoms with Gasteiger partial charge in [0, 0.05) is 0 Å². The van der Waals surface area contributed by atoms with Crippen LogP contribution in [0.15, 0.2) is 24.5 Å². The van der Waals surface area contributed by atoms with E-state index in [4.69, 9.17) is 0 Å². The van der Waals surface area contributed by atoms with Crippen LogP contribution in [-0.4, -0.2) is 6.61 Å². The van der Waals surface area contributed by atoms with E-state index in [2.05, 4.69) is 9.78 Å². The highest BCUT2D eigenvalue weighted by atomic mass is 17.2. The Balaban J connectivity index is 2.33. The van der Waals surface area contributed by atoms with Crippen LogP contribution in [0.5, 0.6) is 0 Å². The lowest BCUT2D eigenvalue weighted by molar-refractivity contribution is -0.247. The van der Waals surface area contributed by atoms with Gasteiger partial charge in [-0.2, -0.15) is 4.89 Å². The van der Waals surface area contributed by atoms with Crippen molar-refractivity contribution in [2.45, 2.75) is 6.42 Å². The second-order valence-corrected chi connectivity index (χ2v) is 1.46. The maximum atomic E-state index is 4.64. The summed E-state index contributed by atoms with van der Waals surface area (Å²) in [6.07, 6.45) is 8.18. The Kier molecular flexibility index (Phi) is 2.20. The zero-order valence-corrected chi connectivity index (χ0v) is 4.54. The van der Waals surface area contributed by atoms with E-state index >= 15 is 0 Å². The minimum Gasteiger partial charge on any atom is -0.345 e. The molecule has 0 radical (unpaired) electrons. The molecule has 1 heterocycles. The fourth-order valence-corrected chi connectivity index (χ4v) is 0.456. The minimum absolute atomic E-state index is 0.640. The van der Waals surface area contributed by atoms with Crippen LogP contribution in [0.25, 0.3) is 0 Å². The molecular weight excluding hydrogens is 104 g/mol. The van der Waals surface area contributed by atoms with Gasteiger partial charge in [0.2, 0.25) is 0 Å². The standard InChI is InChI=1S/C6H8O2/c1-2-4-6-8-7-5-3-1/h1-3,5H,4,6H2. The Bertz CT molecular complexity index is 91.1. The van der Waals surface area contributed by atoms with Gasteiger partial charge in [0.05, 0.1) is 6.61 Å². The first-order valence-corrected chi connectivity index (χ1v) is 2.60. The van der Waals surface area contributed by atoms with Crippen LogP contribution in [0.3, 0.4) is 0 Å². The van der Waals surface area contributed by atoms with Gasteiger partial charge in [0.25, 0.3) is 0 Å². The average molecular weight is 112 g/mol. The van der Waals surface area contributed by atoms with Crippen LogP contribution in [-0.2, 0) is 9.78 Å². The molecule has 2 heteroatoms. The smallest absolute Gasteiger partial charge is 0.129 e. The average Bonchev–Trinajstić information content (AvgIpc) is 1.62. The molecule has 1 aliphatic rings. The van der Waals surface area contributed by atoms with Gasteiger partial charge < -0.3 is 4.89 Å². The van der Waals surface area contributed by atoms with Gasteiger partial charge in [-0.15, -0.1) is 0 Å². The number of hydrogen-bond acceptors (Lipinski definition) is 2. The Morgan fingerprint density at radius 3 is 3.25 bits per heavy atom. The zero-order chi connectivity index (χ0) is 5.66. The first-order valence-electron chi connectivity index (χ1n) is 2.60. The number of rotatable bonds is 0. The maximum absolute atomic E-state index is 4.64. The molecule has 0 aromatic carbocycles. The van der Waals surface area contributed by atoms with Gasteiger partial charge in [-0.25, -0.2) is 0 Å². The van der Waals surface area contributed by atoms with Gasteiger partial charge in [-0.1, -0.05) is 12.2 Å².